The first-order chi connectivity index (χ1) is 10.2. The summed E-state index contributed by atoms with van der Waals surface area (Å²) in [4.78, 5) is 23.5. The Morgan fingerprint density at radius 2 is 2.05 bits per heavy atom. The van der Waals surface area contributed by atoms with Crippen LogP contribution in [-0.4, -0.2) is 42.1 Å². The van der Waals surface area contributed by atoms with Crippen molar-refractivity contribution in [2.75, 3.05) is 20.2 Å². The van der Waals surface area contributed by atoms with Crippen molar-refractivity contribution in [2.45, 2.75) is 6.18 Å². The maximum absolute atomic E-state index is 12.8. The van der Waals surface area contributed by atoms with E-state index in [0.717, 1.165) is 17.0 Å². The van der Waals surface area contributed by atoms with Crippen molar-refractivity contribution < 1.29 is 32.6 Å². The van der Waals surface area contributed by atoms with E-state index in [1.807, 2.05) is 0 Å². The Morgan fingerprint density at radius 3 is 2.55 bits per heavy atom. The molecule has 1 aromatic carbocycles. The minimum Gasteiger partial charge on any atom is -0.489 e. The van der Waals surface area contributed by atoms with Gasteiger partial charge in [0.25, 0.3) is 5.91 Å². The third-order valence-electron chi connectivity index (χ3n) is 2.61. The Morgan fingerprint density at radius 1 is 1.41 bits per heavy atom. The summed E-state index contributed by atoms with van der Waals surface area (Å²) in [7, 11) is 1.17. The summed E-state index contributed by atoms with van der Waals surface area (Å²) in [6.45, 7) is 2.75. The van der Waals surface area contributed by atoms with Gasteiger partial charge in [0.1, 0.15) is 18.9 Å². The molecule has 1 N–H and O–H groups in total. The van der Waals surface area contributed by atoms with E-state index in [-0.39, 0.29) is 17.9 Å². The molecule has 0 heterocycles. The van der Waals surface area contributed by atoms with Crippen LogP contribution >= 0.6 is 0 Å². The predicted octanol–water partition coefficient (Wildman–Crippen LogP) is 2.43. The molecule has 0 saturated carbocycles. The zero-order valence-electron chi connectivity index (χ0n) is 11.7. The minimum absolute atomic E-state index is 0.00567. The summed E-state index contributed by atoms with van der Waals surface area (Å²) >= 11 is 0. The van der Waals surface area contributed by atoms with Crippen molar-refractivity contribution in [3.05, 3.63) is 42.0 Å². The van der Waals surface area contributed by atoms with Crippen LogP contribution in [0.5, 0.6) is 5.75 Å². The maximum Gasteiger partial charge on any atom is 0.416 e. The van der Waals surface area contributed by atoms with Gasteiger partial charge in [-0.2, -0.15) is 13.2 Å². The Labute approximate surface area is 124 Å². The lowest BCUT2D eigenvalue weighted by molar-refractivity contribution is -0.138. The molecule has 0 unspecified atom stereocenters. The highest BCUT2D eigenvalue weighted by atomic mass is 19.4. The summed E-state index contributed by atoms with van der Waals surface area (Å²) < 4.78 is 43.4. The first-order valence-corrected chi connectivity index (χ1v) is 6.09. The number of alkyl halides is 3. The predicted molar refractivity (Wildman–Crippen MR) is 71.7 cm³/mol. The highest BCUT2D eigenvalue weighted by Crippen LogP contribution is 2.33. The second-order valence-corrected chi connectivity index (χ2v) is 4.36. The molecule has 0 radical (unpaired) electrons. The van der Waals surface area contributed by atoms with Gasteiger partial charge in [0.2, 0.25) is 0 Å². The Kier molecular flexibility index (Phi) is 5.56. The average molecular weight is 317 g/mol. The normalized spacial score (nSPS) is 10.9. The van der Waals surface area contributed by atoms with Gasteiger partial charge in [0.05, 0.1) is 11.1 Å². The lowest BCUT2D eigenvalue weighted by Crippen LogP contribution is -2.32. The summed E-state index contributed by atoms with van der Waals surface area (Å²) in [5.41, 5.74) is -1.38. The number of hydrogen-bond donors (Lipinski definition) is 1. The number of rotatable bonds is 6. The Hall–Kier alpha value is -2.51. The van der Waals surface area contributed by atoms with Crippen LogP contribution in [0.4, 0.5) is 13.2 Å². The first-order valence-electron chi connectivity index (χ1n) is 6.09. The van der Waals surface area contributed by atoms with Crippen LogP contribution < -0.4 is 4.74 Å². The van der Waals surface area contributed by atoms with Gasteiger partial charge in [-0.1, -0.05) is 12.7 Å². The quantitative estimate of drug-likeness (QED) is 0.818. The van der Waals surface area contributed by atoms with Gasteiger partial charge in [0.15, 0.2) is 0 Å². The van der Waals surface area contributed by atoms with E-state index in [0.29, 0.717) is 6.07 Å². The SMILES string of the molecule is C=CCOc1ccc(C(F)(F)F)cc1C(=O)N(C)CC(=O)O. The van der Waals surface area contributed by atoms with E-state index in [2.05, 4.69) is 6.58 Å². The molecule has 22 heavy (non-hydrogen) atoms. The first kappa shape index (κ1) is 17.5. The molecule has 5 nitrogen and oxygen atoms in total. The van der Waals surface area contributed by atoms with Crippen LogP contribution in [-0.2, 0) is 11.0 Å². The molecule has 1 rings (SSSR count). The molecule has 0 fully saturated rings. The minimum atomic E-state index is -4.63. The van der Waals surface area contributed by atoms with Crippen molar-refractivity contribution in [1.82, 2.24) is 4.90 Å². The highest BCUT2D eigenvalue weighted by Gasteiger charge is 2.32. The van der Waals surface area contributed by atoms with Crippen LogP contribution in [0, 0.1) is 0 Å². The second-order valence-electron chi connectivity index (χ2n) is 4.36. The monoisotopic (exact) mass is 317 g/mol. The molecule has 0 atom stereocenters. The zero-order valence-corrected chi connectivity index (χ0v) is 11.7. The number of amides is 1. The third kappa shape index (κ3) is 4.51. The number of nitrogens with zero attached hydrogens (tertiary/aromatic N) is 1. The maximum atomic E-state index is 12.8. The summed E-state index contributed by atoms with van der Waals surface area (Å²) in [6.07, 6.45) is -3.26. The average Bonchev–Trinajstić information content (AvgIpc) is 2.42. The molecule has 0 aliphatic carbocycles. The molecular formula is C14H14F3NO4. The molecule has 0 bridgehead atoms. The van der Waals surface area contributed by atoms with E-state index in [4.69, 9.17) is 9.84 Å². The second kappa shape index (κ2) is 6.97. The molecule has 120 valence electrons. The third-order valence-corrected chi connectivity index (χ3v) is 2.61. The zero-order chi connectivity index (χ0) is 16.9. The molecule has 1 aromatic rings. The molecule has 0 aliphatic rings. The van der Waals surface area contributed by atoms with Crippen LogP contribution in [0.2, 0.25) is 0 Å². The molecule has 0 spiro atoms. The van der Waals surface area contributed by atoms with Crippen LogP contribution in [0.1, 0.15) is 15.9 Å². The van der Waals surface area contributed by atoms with Gasteiger partial charge in [-0.25, -0.2) is 0 Å². The highest BCUT2D eigenvalue weighted by molar-refractivity contribution is 5.98. The number of ether oxygens (including phenoxy) is 1. The summed E-state index contributed by atoms with van der Waals surface area (Å²) in [5, 5.41) is 8.66. The fraction of sp³-hybridized carbons (Fsp3) is 0.286. The number of halogens is 3. The van der Waals surface area contributed by atoms with Crippen LogP contribution in [0.25, 0.3) is 0 Å². The number of carboxylic acid groups (broad SMARTS) is 1. The molecular weight excluding hydrogens is 303 g/mol. The fourth-order valence-electron chi connectivity index (χ4n) is 1.63. The largest absolute Gasteiger partial charge is 0.489 e. The Balaban J connectivity index is 3.23. The number of carboxylic acids is 1. The molecule has 0 saturated heterocycles. The standard InChI is InChI=1S/C14H14F3NO4/c1-3-6-22-11-5-4-9(14(15,16)17)7-10(11)13(21)18(2)8-12(19)20/h3-5,7H,1,6,8H2,2H3,(H,19,20). The van der Waals surface area contributed by atoms with Gasteiger partial charge in [-0.3, -0.25) is 9.59 Å². The summed E-state index contributed by atoms with van der Waals surface area (Å²) in [6, 6.07) is 2.44. The smallest absolute Gasteiger partial charge is 0.416 e. The number of benzene rings is 1. The van der Waals surface area contributed by atoms with E-state index >= 15 is 0 Å². The van der Waals surface area contributed by atoms with Gasteiger partial charge < -0.3 is 14.7 Å². The van der Waals surface area contributed by atoms with Crippen molar-refractivity contribution in [3.8, 4) is 5.75 Å². The molecule has 0 aromatic heterocycles. The molecule has 1 amide bonds. The van der Waals surface area contributed by atoms with Gasteiger partial charge in [-0.05, 0) is 18.2 Å². The van der Waals surface area contributed by atoms with Crippen molar-refractivity contribution >= 4 is 11.9 Å². The molecule has 0 aliphatic heterocycles. The van der Waals surface area contributed by atoms with Crippen LogP contribution in [0.3, 0.4) is 0 Å². The number of aliphatic carboxylic acids is 1. The lowest BCUT2D eigenvalue weighted by atomic mass is 10.1. The number of hydrogen-bond acceptors (Lipinski definition) is 3. The fourth-order valence-corrected chi connectivity index (χ4v) is 1.63. The summed E-state index contributed by atoms with van der Waals surface area (Å²) in [5.74, 6) is -2.24. The van der Waals surface area contributed by atoms with Gasteiger partial charge in [-0.15, -0.1) is 0 Å². The number of likely N-dealkylation sites (N-methyl/N-ethyl adjacent to an activating group) is 1. The topological polar surface area (TPSA) is 66.8 Å². The number of carbonyl (C=O) groups excluding carboxylic acids is 1. The number of carbonyl (C=O) groups is 2. The van der Waals surface area contributed by atoms with E-state index < -0.39 is 30.2 Å². The van der Waals surface area contributed by atoms with Crippen molar-refractivity contribution in [3.63, 3.8) is 0 Å². The van der Waals surface area contributed by atoms with Gasteiger partial charge in [0, 0.05) is 7.05 Å². The van der Waals surface area contributed by atoms with Crippen LogP contribution in [0.15, 0.2) is 30.9 Å². The van der Waals surface area contributed by atoms with Crippen molar-refractivity contribution in [2.24, 2.45) is 0 Å². The van der Waals surface area contributed by atoms with Crippen molar-refractivity contribution in [1.29, 1.82) is 0 Å². The molecule has 8 heteroatoms. The van der Waals surface area contributed by atoms with Gasteiger partial charge >= 0.3 is 12.1 Å². The van der Waals surface area contributed by atoms with E-state index in [1.165, 1.54) is 13.1 Å². The van der Waals surface area contributed by atoms with E-state index in [1.54, 1.807) is 0 Å². The van der Waals surface area contributed by atoms with E-state index in [9.17, 15) is 22.8 Å². The lowest BCUT2D eigenvalue weighted by Gasteiger charge is -2.18. The Bertz CT molecular complexity index is 584.